The average molecular weight is 359 g/mol. The van der Waals surface area contributed by atoms with Gasteiger partial charge in [-0.25, -0.2) is 0 Å². The summed E-state index contributed by atoms with van der Waals surface area (Å²) in [6.45, 7) is 11.6. The molecule has 0 aromatic heterocycles. The molecule has 0 heterocycles. The van der Waals surface area contributed by atoms with Gasteiger partial charge >= 0.3 is 0 Å². The molecule has 4 unspecified atom stereocenters. The maximum Gasteiger partial charge on any atom is 0.0751 e. The second-order valence-corrected chi connectivity index (χ2v) is 11.2. The van der Waals surface area contributed by atoms with E-state index in [9.17, 15) is 5.11 Å². The van der Waals surface area contributed by atoms with Crippen LogP contribution in [-0.2, 0) is 0 Å². The van der Waals surface area contributed by atoms with Crippen molar-refractivity contribution in [1.82, 2.24) is 0 Å². The molecule has 0 amide bonds. The van der Waals surface area contributed by atoms with Gasteiger partial charge in [-0.15, -0.1) is 6.58 Å². The Balaban J connectivity index is 1.62. The molecule has 4 fully saturated rings. The molecule has 1 N–H and O–H groups in total. The number of aliphatic hydroxyl groups is 1. The maximum atomic E-state index is 10.7. The van der Waals surface area contributed by atoms with Gasteiger partial charge in [-0.1, -0.05) is 46.1 Å². The Morgan fingerprint density at radius 2 is 1.58 bits per heavy atom. The molecule has 4 aliphatic rings. The van der Waals surface area contributed by atoms with Gasteiger partial charge in [-0.3, -0.25) is 0 Å². The van der Waals surface area contributed by atoms with Crippen molar-refractivity contribution >= 4 is 0 Å². The van der Waals surface area contributed by atoms with Crippen LogP contribution in [0, 0.1) is 46.3 Å². The van der Waals surface area contributed by atoms with Crippen molar-refractivity contribution < 1.29 is 5.11 Å². The molecule has 26 heavy (non-hydrogen) atoms. The minimum atomic E-state index is -0.301. The molecule has 4 aliphatic carbocycles. The third-order valence-corrected chi connectivity index (χ3v) is 10.2. The van der Waals surface area contributed by atoms with Gasteiger partial charge in [0, 0.05) is 0 Å². The van der Waals surface area contributed by atoms with Crippen molar-refractivity contribution in [3.63, 3.8) is 0 Å². The van der Waals surface area contributed by atoms with E-state index in [1.807, 2.05) is 6.08 Å². The quantitative estimate of drug-likeness (QED) is 0.551. The molecule has 0 aromatic rings. The summed E-state index contributed by atoms with van der Waals surface area (Å²) < 4.78 is 0. The molecule has 1 heteroatoms. The Hall–Kier alpha value is -0.300. The van der Waals surface area contributed by atoms with Crippen molar-refractivity contribution in [2.45, 2.75) is 97.5 Å². The predicted molar refractivity (Wildman–Crippen MR) is 110 cm³/mol. The van der Waals surface area contributed by atoms with Crippen LogP contribution in [0.5, 0.6) is 0 Å². The molecule has 9 atom stereocenters. The van der Waals surface area contributed by atoms with Crippen LogP contribution >= 0.6 is 0 Å². The van der Waals surface area contributed by atoms with Crippen molar-refractivity contribution in [2.75, 3.05) is 0 Å². The van der Waals surface area contributed by atoms with Crippen LogP contribution in [0.2, 0.25) is 0 Å². The zero-order valence-electron chi connectivity index (χ0n) is 17.6. The Labute approximate surface area is 162 Å². The Kier molecular flexibility index (Phi) is 5.08. The SMILES string of the molecule is C=CC(O)[C@H]1CCCC2[C@@H]3CCC4CC[C@@H](C)CC[C@]4(C)C3CC[C@@]21C. The molecule has 0 radical (unpaired) electrons. The maximum absolute atomic E-state index is 10.7. The highest BCUT2D eigenvalue weighted by Crippen LogP contribution is 2.66. The van der Waals surface area contributed by atoms with E-state index in [-0.39, 0.29) is 6.10 Å². The minimum Gasteiger partial charge on any atom is -0.389 e. The first-order chi connectivity index (χ1) is 12.4. The van der Waals surface area contributed by atoms with Crippen molar-refractivity contribution in [2.24, 2.45) is 46.3 Å². The number of hydrogen-bond acceptors (Lipinski definition) is 1. The van der Waals surface area contributed by atoms with Gasteiger partial charge in [0.05, 0.1) is 6.10 Å². The molecule has 0 aromatic carbocycles. The van der Waals surface area contributed by atoms with Crippen molar-refractivity contribution in [1.29, 1.82) is 0 Å². The molecule has 1 nitrogen and oxygen atoms in total. The monoisotopic (exact) mass is 358 g/mol. The van der Waals surface area contributed by atoms with Gasteiger partial charge in [0.25, 0.3) is 0 Å². The summed E-state index contributed by atoms with van der Waals surface area (Å²) in [5, 5.41) is 10.7. The largest absolute Gasteiger partial charge is 0.389 e. The van der Waals surface area contributed by atoms with E-state index in [0.29, 0.717) is 16.7 Å². The van der Waals surface area contributed by atoms with Crippen molar-refractivity contribution in [3.05, 3.63) is 12.7 Å². The zero-order valence-corrected chi connectivity index (χ0v) is 17.6. The van der Waals surface area contributed by atoms with E-state index in [0.717, 1.165) is 29.6 Å². The average Bonchev–Trinajstić information content (AvgIpc) is 2.78. The summed E-state index contributed by atoms with van der Waals surface area (Å²) in [5.74, 6) is 5.07. The highest BCUT2D eigenvalue weighted by molar-refractivity contribution is 5.09. The Bertz CT molecular complexity index is 526. The number of aliphatic hydroxyl groups excluding tert-OH is 1. The van der Waals surface area contributed by atoms with Crippen LogP contribution in [0.3, 0.4) is 0 Å². The van der Waals surface area contributed by atoms with Gasteiger partial charge in [-0.05, 0) is 97.7 Å². The molecular weight excluding hydrogens is 316 g/mol. The molecule has 4 rings (SSSR count). The minimum absolute atomic E-state index is 0.301. The summed E-state index contributed by atoms with van der Waals surface area (Å²) >= 11 is 0. The molecule has 0 spiro atoms. The molecule has 0 bridgehead atoms. The molecule has 4 saturated carbocycles. The van der Waals surface area contributed by atoms with Gasteiger partial charge < -0.3 is 5.11 Å². The fourth-order valence-electron chi connectivity index (χ4n) is 8.55. The lowest BCUT2D eigenvalue weighted by atomic mass is 9.42. The van der Waals surface area contributed by atoms with E-state index in [4.69, 9.17) is 0 Å². The summed E-state index contributed by atoms with van der Waals surface area (Å²) in [5.41, 5.74) is 0.938. The van der Waals surface area contributed by atoms with E-state index in [1.165, 1.54) is 70.6 Å². The predicted octanol–water partition coefficient (Wildman–Crippen LogP) is 6.61. The van der Waals surface area contributed by atoms with E-state index in [2.05, 4.69) is 27.4 Å². The standard InChI is InChI=1S/C25H42O/c1-5-23(26)22-8-6-7-20-19-12-11-18-10-9-17(2)13-15-24(18,3)21(19)14-16-25(20,22)4/h5,17-23,26H,1,6-16H2,2-4H3/t17-,18?,19+,20?,21?,22-,23?,24+,25+/m1/s1. The summed E-state index contributed by atoms with van der Waals surface area (Å²) in [6.07, 6.45) is 17.0. The number of fused-ring (bicyclic) bond motifs is 5. The highest BCUT2D eigenvalue weighted by atomic mass is 16.3. The first-order valence-electron chi connectivity index (χ1n) is 11.7. The highest BCUT2D eigenvalue weighted by Gasteiger charge is 2.58. The van der Waals surface area contributed by atoms with E-state index < -0.39 is 0 Å². The lowest BCUT2D eigenvalue weighted by molar-refractivity contribution is -0.145. The smallest absolute Gasteiger partial charge is 0.0751 e. The van der Waals surface area contributed by atoms with E-state index in [1.54, 1.807) is 0 Å². The number of hydrogen-bond donors (Lipinski definition) is 1. The van der Waals surface area contributed by atoms with Crippen LogP contribution in [0.15, 0.2) is 12.7 Å². The third-order valence-electron chi connectivity index (χ3n) is 10.2. The zero-order chi connectivity index (χ0) is 18.5. The van der Waals surface area contributed by atoms with Crippen LogP contribution < -0.4 is 0 Å². The first kappa shape index (κ1) is 19.0. The van der Waals surface area contributed by atoms with Gasteiger partial charge in [0.2, 0.25) is 0 Å². The molecular formula is C25H42O. The van der Waals surface area contributed by atoms with E-state index >= 15 is 0 Å². The summed E-state index contributed by atoms with van der Waals surface area (Å²) in [6, 6.07) is 0. The van der Waals surface area contributed by atoms with Gasteiger partial charge in [0.15, 0.2) is 0 Å². The lowest BCUT2D eigenvalue weighted by Crippen LogP contribution is -2.56. The van der Waals surface area contributed by atoms with Crippen LogP contribution in [0.25, 0.3) is 0 Å². The van der Waals surface area contributed by atoms with Crippen molar-refractivity contribution in [3.8, 4) is 0 Å². The second-order valence-electron chi connectivity index (χ2n) is 11.2. The van der Waals surface area contributed by atoms with Crippen LogP contribution in [0.1, 0.15) is 91.4 Å². The first-order valence-corrected chi connectivity index (χ1v) is 11.7. The van der Waals surface area contributed by atoms with Crippen LogP contribution in [-0.4, -0.2) is 11.2 Å². The molecule has 148 valence electrons. The normalized spacial score (nSPS) is 52.8. The Morgan fingerprint density at radius 1 is 0.885 bits per heavy atom. The lowest BCUT2D eigenvalue weighted by Gasteiger charge is -2.63. The van der Waals surface area contributed by atoms with Gasteiger partial charge in [-0.2, -0.15) is 0 Å². The van der Waals surface area contributed by atoms with Crippen LogP contribution in [0.4, 0.5) is 0 Å². The molecule has 0 saturated heterocycles. The number of rotatable bonds is 2. The third kappa shape index (κ3) is 2.83. The van der Waals surface area contributed by atoms with Gasteiger partial charge in [0.1, 0.15) is 0 Å². The fraction of sp³-hybridized carbons (Fsp3) is 0.920. The topological polar surface area (TPSA) is 20.2 Å². The summed E-state index contributed by atoms with van der Waals surface area (Å²) in [7, 11) is 0. The Morgan fingerprint density at radius 3 is 2.35 bits per heavy atom. The summed E-state index contributed by atoms with van der Waals surface area (Å²) in [4.78, 5) is 0. The fourth-order valence-corrected chi connectivity index (χ4v) is 8.55. The molecule has 0 aliphatic heterocycles. The second kappa shape index (κ2) is 6.94.